The Kier molecular flexibility index (Phi) is 4.01. The van der Waals surface area contributed by atoms with Gasteiger partial charge >= 0.3 is 11.7 Å². The van der Waals surface area contributed by atoms with Gasteiger partial charge in [0.05, 0.1) is 0 Å². The van der Waals surface area contributed by atoms with Crippen molar-refractivity contribution in [3.63, 3.8) is 0 Å². The average molecular weight is 227 g/mol. The Labute approximate surface area is 90.5 Å². The van der Waals surface area contributed by atoms with Crippen LogP contribution in [0.3, 0.4) is 0 Å². The first-order valence-electron chi connectivity index (χ1n) is 4.79. The molecule has 1 atom stereocenters. The van der Waals surface area contributed by atoms with Crippen LogP contribution in [0.15, 0.2) is 21.9 Å². The third-order valence-electron chi connectivity index (χ3n) is 2.13. The van der Waals surface area contributed by atoms with Gasteiger partial charge in [-0.2, -0.15) is 0 Å². The Morgan fingerprint density at radius 3 is 2.81 bits per heavy atom. The lowest BCUT2D eigenvalue weighted by atomic mass is 10.2. The number of hydrogen-bond donors (Lipinski definition) is 3. The number of carboxylic acids is 1. The molecule has 0 saturated heterocycles. The summed E-state index contributed by atoms with van der Waals surface area (Å²) in [5.41, 5.74) is 4.34. The number of hydrogen-bond acceptors (Lipinski definition) is 4. The van der Waals surface area contributed by atoms with Gasteiger partial charge in [0.2, 0.25) is 0 Å². The van der Waals surface area contributed by atoms with Gasteiger partial charge in [-0.15, -0.1) is 0 Å². The second-order valence-corrected chi connectivity index (χ2v) is 3.39. The molecule has 88 valence electrons. The molecule has 0 fully saturated rings. The van der Waals surface area contributed by atoms with E-state index in [0.29, 0.717) is 13.0 Å². The van der Waals surface area contributed by atoms with Gasteiger partial charge in [0.15, 0.2) is 0 Å². The highest BCUT2D eigenvalue weighted by Crippen LogP contribution is 1.96. The van der Waals surface area contributed by atoms with Crippen molar-refractivity contribution < 1.29 is 9.90 Å². The van der Waals surface area contributed by atoms with Crippen molar-refractivity contribution in [3.8, 4) is 0 Å². The molecule has 0 radical (unpaired) electrons. The normalized spacial score (nSPS) is 12.3. The van der Waals surface area contributed by atoms with E-state index in [4.69, 9.17) is 10.8 Å². The molecule has 0 aliphatic heterocycles. The predicted molar refractivity (Wildman–Crippen MR) is 56.2 cm³/mol. The molecule has 7 heteroatoms. The fraction of sp³-hybridized carbons (Fsp3) is 0.444. The number of carbonyl (C=O) groups is 1. The summed E-state index contributed by atoms with van der Waals surface area (Å²) in [6, 6.07) is 0.317. The van der Waals surface area contributed by atoms with Crippen molar-refractivity contribution in [2.24, 2.45) is 5.73 Å². The first kappa shape index (κ1) is 12.2. The first-order valence-corrected chi connectivity index (χ1v) is 4.79. The average Bonchev–Trinajstić information content (AvgIpc) is 2.20. The van der Waals surface area contributed by atoms with Gasteiger partial charge in [-0.3, -0.25) is 14.6 Å². The Balaban J connectivity index is 2.53. The molecule has 0 aliphatic rings. The van der Waals surface area contributed by atoms with Crippen LogP contribution in [0.5, 0.6) is 0 Å². The standard InChI is InChI=1S/C9H13N3O4/c10-6(8(14)15)2-1-4-12-5-3-7(13)11-9(12)16/h3,5-6H,1-2,4,10H2,(H,14,15)(H,11,13,16). The number of nitrogens with two attached hydrogens (primary N) is 1. The number of aryl methyl sites for hydroxylation is 1. The van der Waals surface area contributed by atoms with E-state index >= 15 is 0 Å². The molecule has 16 heavy (non-hydrogen) atoms. The van der Waals surface area contributed by atoms with Crippen molar-refractivity contribution in [3.05, 3.63) is 33.1 Å². The fourth-order valence-corrected chi connectivity index (χ4v) is 1.23. The van der Waals surface area contributed by atoms with Crippen molar-refractivity contribution >= 4 is 5.97 Å². The summed E-state index contributed by atoms with van der Waals surface area (Å²) in [4.78, 5) is 34.5. The lowest BCUT2D eigenvalue weighted by molar-refractivity contribution is -0.138. The van der Waals surface area contributed by atoms with Crippen LogP contribution in [0.25, 0.3) is 0 Å². The van der Waals surface area contributed by atoms with Crippen LogP contribution in [-0.2, 0) is 11.3 Å². The maximum atomic E-state index is 11.2. The number of carboxylic acid groups (broad SMARTS) is 1. The number of aromatic nitrogens is 2. The van der Waals surface area contributed by atoms with E-state index in [9.17, 15) is 14.4 Å². The Morgan fingerprint density at radius 1 is 1.56 bits per heavy atom. The van der Waals surface area contributed by atoms with E-state index in [2.05, 4.69) is 4.98 Å². The zero-order chi connectivity index (χ0) is 12.1. The first-order chi connectivity index (χ1) is 7.50. The summed E-state index contributed by atoms with van der Waals surface area (Å²) in [5.74, 6) is -1.06. The molecule has 1 aromatic rings. The molecule has 1 unspecified atom stereocenters. The van der Waals surface area contributed by atoms with E-state index in [0.717, 1.165) is 0 Å². The molecule has 0 aliphatic carbocycles. The third kappa shape index (κ3) is 3.35. The maximum Gasteiger partial charge on any atom is 0.328 e. The number of aliphatic carboxylic acids is 1. The number of nitrogens with one attached hydrogen (secondary N) is 1. The Bertz CT molecular complexity index is 476. The topological polar surface area (TPSA) is 118 Å². The summed E-state index contributed by atoms with van der Waals surface area (Å²) >= 11 is 0. The van der Waals surface area contributed by atoms with Gasteiger partial charge in [0, 0.05) is 18.8 Å². The minimum Gasteiger partial charge on any atom is -0.480 e. The molecular formula is C9H13N3O4. The van der Waals surface area contributed by atoms with E-state index < -0.39 is 23.3 Å². The number of rotatable bonds is 5. The van der Waals surface area contributed by atoms with Crippen molar-refractivity contribution in [1.29, 1.82) is 0 Å². The Hall–Kier alpha value is -1.89. The zero-order valence-electron chi connectivity index (χ0n) is 8.55. The lowest BCUT2D eigenvalue weighted by Gasteiger charge is -2.07. The molecule has 0 spiro atoms. The quantitative estimate of drug-likeness (QED) is 0.579. The van der Waals surface area contributed by atoms with Crippen molar-refractivity contribution in [2.45, 2.75) is 25.4 Å². The highest BCUT2D eigenvalue weighted by Gasteiger charge is 2.10. The third-order valence-corrected chi connectivity index (χ3v) is 2.13. The van der Waals surface area contributed by atoms with Crippen LogP contribution in [-0.4, -0.2) is 26.7 Å². The van der Waals surface area contributed by atoms with Gasteiger partial charge in [0.1, 0.15) is 6.04 Å². The molecule has 0 amide bonds. The number of aromatic amines is 1. The molecule has 1 rings (SSSR count). The minimum atomic E-state index is -1.06. The molecule has 7 nitrogen and oxygen atoms in total. The molecule has 0 aromatic carbocycles. The largest absolute Gasteiger partial charge is 0.480 e. The molecule has 4 N–H and O–H groups in total. The van der Waals surface area contributed by atoms with Crippen LogP contribution >= 0.6 is 0 Å². The van der Waals surface area contributed by atoms with Crippen LogP contribution in [0.4, 0.5) is 0 Å². The van der Waals surface area contributed by atoms with Crippen LogP contribution in [0, 0.1) is 0 Å². The van der Waals surface area contributed by atoms with E-state index in [1.807, 2.05) is 0 Å². The highest BCUT2D eigenvalue weighted by atomic mass is 16.4. The van der Waals surface area contributed by atoms with E-state index in [1.54, 1.807) is 0 Å². The van der Waals surface area contributed by atoms with Crippen molar-refractivity contribution in [1.82, 2.24) is 9.55 Å². The van der Waals surface area contributed by atoms with Crippen molar-refractivity contribution in [2.75, 3.05) is 0 Å². The molecule has 0 saturated carbocycles. The molecule has 1 aromatic heterocycles. The molecule has 0 bridgehead atoms. The van der Waals surface area contributed by atoms with Crippen LogP contribution in [0.2, 0.25) is 0 Å². The van der Waals surface area contributed by atoms with E-state index in [1.165, 1.54) is 16.8 Å². The Morgan fingerprint density at radius 2 is 2.25 bits per heavy atom. The van der Waals surface area contributed by atoms with Crippen LogP contribution in [0.1, 0.15) is 12.8 Å². The van der Waals surface area contributed by atoms with Gasteiger partial charge in [0.25, 0.3) is 5.56 Å². The molecule has 1 heterocycles. The summed E-state index contributed by atoms with van der Waals surface area (Å²) in [6.07, 6.45) is 2.10. The summed E-state index contributed by atoms with van der Waals surface area (Å²) in [6.45, 7) is 0.330. The van der Waals surface area contributed by atoms with Gasteiger partial charge in [-0.1, -0.05) is 0 Å². The SMILES string of the molecule is NC(CCCn1ccc(=O)[nH]c1=O)C(=O)O. The number of H-pyrrole nitrogens is 1. The van der Waals surface area contributed by atoms with Gasteiger partial charge in [-0.05, 0) is 12.8 Å². The second kappa shape index (κ2) is 5.26. The molecular weight excluding hydrogens is 214 g/mol. The summed E-state index contributed by atoms with van der Waals surface area (Å²) < 4.78 is 1.30. The minimum absolute atomic E-state index is 0.279. The summed E-state index contributed by atoms with van der Waals surface area (Å²) in [7, 11) is 0. The zero-order valence-corrected chi connectivity index (χ0v) is 8.55. The monoisotopic (exact) mass is 227 g/mol. The number of nitrogens with zero attached hydrogens (tertiary/aromatic N) is 1. The van der Waals surface area contributed by atoms with Crippen LogP contribution < -0.4 is 17.0 Å². The fourth-order valence-electron chi connectivity index (χ4n) is 1.23. The summed E-state index contributed by atoms with van der Waals surface area (Å²) in [5, 5.41) is 8.53. The lowest BCUT2D eigenvalue weighted by Crippen LogP contribution is -2.32. The van der Waals surface area contributed by atoms with E-state index in [-0.39, 0.29) is 6.42 Å². The second-order valence-electron chi connectivity index (χ2n) is 3.39. The van der Waals surface area contributed by atoms with Gasteiger partial charge in [-0.25, -0.2) is 4.79 Å². The smallest absolute Gasteiger partial charge is 0.328 e. The van der Waals surface area contributed by atoms with Gasteiger partial charge < -0.3 is 15.4 Å². The highest BCUT2D eigenvalue weighted by molar-refractivity contribution is 5.72. The predicted octanol–water partition coefficient (Wildman–Crippen LogP) is -1.27. The maximum absolute atomic E-state index is 11.2.